The van der Waals surface area contributed by atoms with E-state index in [4.69, 9.17) is 14.0 Å². The quantitative estimate of drug-likeness (QED) is 0.177. The van der Waals surface area contributed by atoms with Crippen molar-refractivity contribution in [3.63, 3.8) is 0 Å². The Balaban J connectivity index is 1.16. The minimum Gasteiger partial charge on any atom is -0.445 e. The lowest BCUT2D eigenvalue weighted by Crippen LogP contribution is -2.46. The predicted octanol–water partition coefficient (Wildman–Crippen LogP) is 6.63. The van der Waals surface area contributed by atoms with Crippen LogP contribution in [0.3, 0.4) is 0 Å². The molecule has 9 nitrogen and oxygen atoms in total. The molecule has 3 aromatic carbocycles. The van der Waals surface area contributed by atoms with Gasteiger partial charge in [0.15, 0.2) is 17.1 Å². The minimum absolute atomic E-state index is 0.000599. The number of oxazole rings is 1. The van der Waals surface area contributed by atoms with Crippen molar-refractivity contribution in [3.05, 3.63) is 103 Å². The van der Waals surface area contributed by atoms with Crippen LogP contribution in [-0.2, 0) is 20.8 Å². The monoisotopic (exact) mass is 647 g/mol. The third-order valence-electron chi connectivity index (χ3n) is 10.0. The minimum atomic E-state index is -0.945. The Labute approximate surface area is 280 Å². The van der Waals surface area contributed by atoms with Gasteiger partial charge in [0, 0.05) is 18.8 Å². The molecule has 2 amide bonds. The molecule has 48 heavy (non-hydrogen) atoms. The van der Waals surface area contributed by atoms with Crippen LogP contribution in [0.25, 0.3) is 11.1 Å². The summed E-state index contributed by atoms with van der Waals surface area (Å²) in [7, 11) is 0. The Morgan fingerprint density at radius 3 is 2.54 bits per heavy atom. The third-order valence-corrected chi connectivity index (χ3v) is 10.0. The van der Waals surface area contributed by atoms with Crippen molar-refractivity contribution in [3.8, 4) is 11.8 Å². The van der Waals surface area contributed by atoms with Gasteiger partial charge >= 0.3 is 6.08 Å². The summed E-state index contributed by atoms with van der Waals surface area (Å²) in [5, 5.41) is 0. The number of carbonyl (C=O) groups is 3. The number of nitrogens with one attached hydrogen (secondary N) is 1. The standard InChI is InChI=1S/C39H41N3O6/c43-34-25-39(37(45)41-48-30-18-10-5-11-19-30)24-29(39)17-9-3-1-2-8-16-28(22-27-14-6-4-7-15-27)36(44)42-26-31(23-33(34)42)46-38-40-32-20-12-13-21-35(32)47-38/h4-7,9-15,17-21,28-29,31,33H,1-3,8,16,22-26H2,(H,41,45)/b17-9-/t28-,29+,31-,33+,39-/m1/s1. The molecule has 4 aromatic rings. The third kappa shape index (κ3) is 7.00. The summed E-state index contributed by atoms with van der Waals surface area (Å²) < 4.78 is 12.1. The van der Waals surface area contributed by atoms with Crippen molar-refractivity contribution >= 4 is 28.7 Å². The first-order valence-electron chi connectivity index (χ1n) is 17.1. The molecule has 0 radical (unpaired) electrons. The number of carbonyl (C=O) groups excluding carboxylic acids is 3. The molecular formula is C39H41N3O6. The molecule has 248 valence electrons. The van der Waals surface area contributed by atoms with E-state index in [0.29, 0.717) is 36.1 Å². The van der Waals surface area contributed by atoms with E-state index in [1.165, 1.54) is 0 Å². The number of para-hydroxylation sites is 3. The van der Waals surface area contributed by atoms with E-state index in [0.717, 1.165) is 37.7 Å². The molecule has 2 aliphatic heterocycles. The van der Waals surface area contributed by atoms with E-state index in [1.54, 1.807) is 17.0 Å². The number of hydroxylamine groups is 1. The van der Waals surface area contributed by atoms with Crippen LogP contribution >= 0.6 is 0 Å². The Morgan fingerprint density at radius 1 is 0.958 bits per heavy atom. The maximum atomic E-state index is 14.5. The normalized spacial score (nSPS) is 26.9. The van der Waals surface area contributed by atoms with E-state index in [1.807, 2.05) is 72.8 Å². The van der Waals surface area contributed by atoms with E-state index in [2.05, 4.69) is 22.6 Å². The molecule has 1 N–H and O–H groups in total. The molecule has 7 rings (SSSR count). The van der Waals surface area contributed by atoms with Crippen LogP contribution in [0.1, 0.15) is 56.9 Å². The van der Waals surface area contributed by atoms with Gasteiger partial charge < -0.3 is 18.9 Å². The molecule has 0 unspecified atom stereocenters. The molecule has 0 spiro atoms. The zero-order valence-corrected chi connectivity index (χ0v) is 27.0. The maximum Gasteiger partial charge on any atom is 0.394 e. The fourth-order valence-electron chi connectivity index (χ4n) is 7.27. The van der Waals surface area contributed by atoms with Crippen molar-refractivity contribution in [1.29, 1.82) is 0 Å². The number of fused-ring (bicyclic) bond motifs is 3. The van der Waals surface area contributed by atoms with Gasteiger partial charge in [0.05, 0.1) is 18.0 Å². The molecular weight excluding hydrogens is 606 g/mol. The number of nitrogens with zero attached hydrogens (tertiary/aromatic N) is 2. The Kier molecular flexibility index (Phi) is 9.27. The molecule has 1 aromatic heterocycles. The van der Waals surface area contributed by atoms with Crippen LogP contribution in [0.5, 0.6) is 11.8 Å². The van der Waals surface area contributed by atoms with Gasteiger partial charge in [-0.15, -0.1) is 0 Å². The Hall–Kier alpha value is -4.92. The van der Waals surface area contributed by atoms with Crippen molar-refractivity contribution in [1.82, 2.24) is 15.4 Å². The highest BCUT2D eigenvalue weighted by molar-refractivity contribution is 5.96. The van der Waals surface area contributed by atoms with E-state index in [-0.39, 0.29) is 48.5 Å². The fourth-order valence-corrected chi connectivity index (χ4v) is 7.27. The van der Waals surface area contributed by atoms with Crippen molar-refractivity contribution < 1.29 is 28.4 Å². The molecule has 9 heteroatoms. The molecule has 0 bridgehead atoms. The number of amides is 2. The van der Waals surface area contributed by atoms with Gasteiger partial charge in [-0.05, 0) is 67.9 Å². The first-order chi connectivity index (χ1) is 23.5. The average Bonchev–Trinajstić information content (AvgIpc) is 3.41. The van der Waals surface area contributed by atoms with Gasteiger partial charge in [0.2, 0.25) is 5.91 Å². The van der Waals surface area contributed by atoms with Crippen molar-refractivity contribution in [2.75, 3.05) is 6.54 Å². The number of aromatic nitrogens is 1. The van der Waals surface area contributed by atoms with Gasteiger partial charge in [-0.1, -0.05) is 85.7 Å². The number of benzene rings is 3. The summed E-state index contributed by atoms with van der Waals surface area (Å²) in [6, 6.07) is 25.8. The van der Waals surface area contributed by atoms with Gasteiger partial charge in [0.1, 0.15) is 11.6 Å². The van der Waals surface area contributed by atoms with Crippen LogP contribution in [0.15, 0.2) is 101 Å². The van der Waals surface area contributed by atoms with Gasteiger partial charge in [-0.3, -0.25) is 14.4 Å². The van der Waals surface area contributed by atoms with Crippen LogP contribution in [0, 0.1) is 17.3 Å². The first kappa shape index (κ1) is 31.7. The lowest BCUT2D eigenvalue weighted by atomic mass is 9.90. The van der Waals surface area contributed by atoms with E-state index < -0.39 is 17.6 Å². The van der Waals surface area contributed by atoms with Crippen LogP contribution in [-0.4, -0.2) is 46.2 Å². The first-order valence-corrected chi connectivity index (χ1v) is 17.1. The highest BCUT2D eigenvalue weighted by Crippen LogP contribution is 2.57. The van der Waals surface area contributed by atoms with Gasteiger partial charge in [-0.2, -0.15) is 10.5 Å². The summed E-state index contributed by atoms with van der Waals surface area (Å²) in [5.41, 5.74) is 4.05. The topological polar surface area (TPSA) is 111 Å². The molecule has 1 aliphatic carbocycles. The van der Waals surface area contributed by atoms with Crippen molar-refractivity contribution in [2.45, 2.75) is 69.9 Å². The number of Topliss-reactive ketones (excluding diaryl/α,β-unsaturated/α-hetero) is 1. The van der Waals surface area contributed by atoms with E-state index >= 15 is 0 Å². The largest absolute Gasteiger partial charge is 0.445 e. The van der Waals surface area contributed by atoms with Crippen LogP contribution in [0.2, 0.25) is 0 Å². The van der Waals surface area contributed by atoms with E-state index in [9.17, 15) is 14.4 Å². The molecule has 5 atom stereocenters. The zero-order valence-electron chi connectivity index (χ0n) is 27.0. The number of hydrogen-bond acceptors (Lipinski definition) is 7. The van der Waals surface area contributed by atoms with Crippen LogP contribution < -0.4 is 15.1 Å². The number of allylic oxidation sites excluding steroid dienone is 2. The Bertz CT molecular complexity index is 1740. The second-order valence-electron chi connectivity index (χ2n) is 13.3. The summed E-state index contributed by atoms with van der Waals surface area (Å²) in [6.45, 7) is 0.235. The lowest BCUT2D eigenvalue weighted by Gasteiger charge is -2.29. The number of rotatable bonds is 7. The molecule has 1 saturated carbocycles. The van der Waals surface area contributed by atoms with Crippen LogP contribution in [0.4, 0.5) is 0 Å². The molecule has 2 fully saturated rings. The zero-order chi connectivity index (χ0) is 32.9. The van der Waals surface area contributed by atoms with Gasteiger partial charge in [-0.25, -0.2) is 0 Å². The summed E-state index contributed by atoms with van der Waals surface area (Å²) in [4.78, 5) is 54.4. The second-order valence-corrected chi connectivity index (χ2v) is 13.3. The van der Waals surface area contributed by atoms with Gasteiger partial charge in [0.25, 0.3) is 5.91 Å². The van der Waals surface area contributed by atoms with Crippen molar-refractivity contribution in [2.24, 2.45) is 17.3 Å². The highest BCUT2D eigenvalue weighted by Gasteiger charge is 2.61. The SMILES string of the molecule is O=C1C[C@]2(C(=O)NOc3ccccc3)C[C@@H]2/C=C\CCCCC[C@H](Cc2ccccc2)C(=O)N2C[C@H](Oc3nc4ccccc4o3)C[C@@H]12. The second kappa shape index (κ2) is 14.1. The lowest BCUT2D eigenvalue weighted by molar-refractivity contribution is -0.143. The summed E-state index contributed by atoms with van der Waals surface area (Å²) in [6.07, 6.45) is 9.81. The number of ketones is 1. The molecule has 3 aliphatic rings. The highest BCUT2D eigenvalue weighted by atomic mass is 16.7. The summed E-state index contributed by atoms with van der Waals surface area (Å²) >= 11 is 0. The smallest absolute Gasteiger partial charge is 0.394 e. The molecule has 3 heterocycles. The molecule has 1 saturated heterocycles. The Morgan fingerprint density at radius 2 is 1.73 bits per heavy atom. The number of ether oxygens (including phenoxy) is 1. The number of hydrogen-bond donors (Lipinski definition) is 1. The summed E-state index contributed by atoms with van der Waals surface area (Å²) in [5.74, 6) is -0.380. The predicted molar refractivity (Wildman–Crippen MR) is 180 cm³/mol. The average molecular weight is 648 g/mol. The maximum absolute atomic E-state index is 14.5. The fraction of sp³-hybridized carbons (Fsp3) is 0.385.